The summed E-state index contributed by atoms with van der Waals surface area (Å²) in [6, 6.07) is 5.15. The van der Waals surface area contributed by atoms with E-state index >= 15 is 0 Å². The van der Waals surface area contributed by atoms with Crippen molar-refractivity contribution < 1.29 is 23.1 Å². The van der Waals surface area contributed by atoms with E-state index in [4.69, 9.17) is 16.2 Å². The van der Waals surface area contributed by atoms with E-state index in [9.17, 15) is 18.4 Å². The largest absolute Gasteiger partial charge is 0.481 e. The van der Waals surface area contributed by atoms with Gasteiger partial charge in [0.1, 0.15) is 16.7 Å². The van der Waals surface area contributed by atoms with Crippen molar-refractivity contribution in [1.82, 2.24) is 9.97 Å². The van der Waals surface area contributed by atoms with Gasteiger partial charge in [0, 0.05) is 29.6 Å². The lowest BCUT2D eigenvalue weighted by atomic mass is 10.1. The number of benzene rings is 1. The van der Waals surface area contributed by atoms with Gasteiger partial charge >= 0.3 is 0 Å². The number of nitrogens with zero attached hydrogens (tertiary/aromatic N) is 3. The molecule has 4 N–H and O–H groups in total. The van der Waals surface area contributed by atoms with Crippen LogP contribution in [0.25, 0.3) is 0 Å². The minimum absolute atomic E-state index is 0.0833. The number of nitrogen functional groups attached to an aromatic ring is 1. The topological polar surface area (TPSA) is 124 Å². The molecule has 11 heteroatoms. The van der Waals surface area contributed by atoms with E-state index in [1.165, 1.54) is 43.3 Å². The van der Waals surface area contributed by atoms with Gasteiger partial charge in [-0.25, -0.2) is 18.7 Å². The van der Waals surface area contributed by atoms with Crippen LogP contribution in [0, 0.1) is 11.6 Å². The highest BCUT2D eigenvalue weighted by molar-refractivity contribution is 7.18. The van der Waals surface area contributed by atoms with Crippen molar-refractivity contribution in [2.45, 2.75) is 13.0 Å². The molecule has 0 aliphatic heterocycles. The number of thiazole rings is 1. The summed E-state index contributed by atoms with van der Waals surface area (Å²) in [5.74, 6) is -3.08. The van der Waals surface area contributed by atoms with Crippen molar-refractivity contribution in [3.8, 4) is 5.88 Å². The quantitative estimate of drug-likeness (QED) is 0.549. The maximum atomic E-state index is 13.8. The molecule has 30 heavy (non-hydrogen) atoms. The van der Waals surface area contributed by atoms with Gasteiger partial charge in [-0.1, -0.05) is 11.3 Å². The van der Waals surface area contributed by atoms with Gasteiger partial charge in [0.25, 0.3) is 0 Å². The summed E-state index contributed by atoms with van der Waals surface area (Å²) in [6.45, 7) is 1.47. The Morgan fingerprint density at radius 3 is 2.50 bits per heavy atom. The fourth-order valence-corrected chi connectivity index (χ4v) is 3.66. The normalized spacial score (nSPS) is 11.7. The molecule has 8 nitrogen and oxygen atoms in total. The summed E-state index contributed by atoms with van der Waals surface area (Å²) >= 11 is 0.888. The summed E-state index contributed by atoms with van der Waals surface area (Å²) in [5, 5.41) is 0.120. The number of ether oxygens (including phenoxy) is 1. The zero-order valence-corrected chi connectivity index (χ0v) is 16.7. The minimum atomic E-state index is -1.11. The van der Waals surface area contributed by atoms with Gasteiger partial charge in [0.2, 0.25) is 17.6 Å². The molecule has 2 heterocycles. The van der Waals surface area contributed by atoms with Crippen LogP contribution in [0.3, 0.4) is 0 Å². The second-order valence-corrected chi connectivity index (χ2v) is 7.15. The molecule has 2 aromatic heterocycles. The fourth-order valence-electron chi connectivity index (χ4n) is 2.61. The van der Waals surface area contributed by atoms with Crippen molar-refractivity contribution in [3.05, 3.63) is 58.6 Å². The van der Waals surface area contributed by atoms with Gasteiger partial charge in [0.15, 0.2) is 16.8 Å². The first-order chi connectivity index (χ1) is 14.2. The van der Waals surface area contributed by atoms with E-state index in [1.54, 1.807) is 0 Å². The average molecular weight is 433 g/mol. The number of carbonyl (C=O) groups excluding carboxylic acids is 2. The Morgan fingerprint density at radius 2 is 1.93 bits per heavy atom. The number of aromatic nitrogens is 2. The highest BCUT2D eigenvalue weighted by Crippen LogP contribution is 2.36. The summed E-state index contributed by atoms with van der Waals surface area (Å²) < 4.78 is 32.1. The molecule has 3 rings (SSSR count). The highest BCUT2D eigenvalue weighted by Gasteiger charge is 2.28. The average Bonchev–Trinajstić information content (AvgIpc) is 3.11. The van der Waals surface area contributed by atoms with Gasteiger partial charge in [-0.3, -0.25) is 9.59 Å². The Balaban J connectivity index is 2.04. The summed E-state index contributed by atoms with van der Waals surface area (Å²) in [7, 11) is 1.45. The molecule has 0 saturated carbocycles. The number of amides is 1. The second kappa shape index (κ2) is 8.41. The number of primary amides is 1. The molecule has 0 bridgehead atoms. The molecule has 0 saturated heterocycles. The Bertz CT molecular complexity index is 1100. The fraction of sp³-hybridized carbons (Fsp3) is 0.158. The number of hydrogen-bond acceptors (Lipinski definition) is 8. The molecule has 1 aromatic carbocycles. The predicted octanol–water partition coefficient (Wildman–Crippen LogP) is 2.65. The standard InChI is InChI=1S/C19H17F2N5O3S/c1-9(18(23)28)26(11-4-5-12(20)13(21)7-11)19-25-17(22)16(30-19)15(27)10-3-6-14(29-2)24-8-10/h3-9H,22H2,1-2H3,(H2,23,28)/t9-/m1/s1. The van der Waals surface area contributed by atoms with Crippen LogP contribution in [0.5, 0.6) is 5.88 Å². The van der Waals surface area contributed by atoms with Gasteiger partial charge in [0.05, 0.1) is 7.11 Å². The third-order valence-electron chi connectivity index (χ3n) is 4.24. The van der Waals surface area contributed by atoms with E-state index in [-0.39, 0.29) is 27.1 Å². The van der Waals surface area contributed by atoms with Gasteiger partial charge in [-0.2, -0.15) is 0 Å². The van der Waals surface area contributed by atoms with Crippen LogP contribution in [-0.2, 0) is 4.79 Å². The number of nitrogens with two attached hydrogens (primary N) is 2. The highest BCUT2D eigenvalue weighted by atomic mass is 32.1. The molecule has 0 unspecified atom stereocenters. The third kappa shape index (κ3) is 4.06. The molecule has 156 valence electrons. The van der Waals surface area contributed by atoms with Crippen molar-refractivity contribution >= 4 is 39.7 Å². The number of hydrogen-bond donors (Lipinski definition) is 2. The molecular formula is C19H17F2N5O3S. The van der Waals surface area contributed by atoms with Crippen LogP contribution in [0.15, 0.2) is 36.5 Å². The summed E-state index contributed by atoms with van der Waals surface area (Å²) in [6.07, 6.45) is 1.33. The van der Waals surface area contributed by atoms with Crippen LogP contribution < -0.4 is 21.1 Å². The van der Waals surface area contributed by atoms with E-state index in [0.717, 1.165) is 23.5 Å². The van der Waals surface area contributed by atoms with Crippen molar-refractivity contribution in [3.63, 3.8) is 0 Å². The van der Waals surface area contributed by atoms with Gasteiger partial charge in [-0.05, 0) is 25.1 Å². The first-order valence-corrected chi connectivity index (χ1v) is 9.39. The zero-order valence-electron chi connectivity index (χ0n) is 15.9. The second-order valence-electron chi connectivity index (χ2n) is 6.18. The maximum Gasteiger partial charge on any atom is 0.240 e. The molecular weight excluding hydrogens is 416 g/mol. The SMILES string of the molecule is COc1ccc(C(=O)c2sc(N(c3ccc(F)c(F)c3)[C@H](C)C(N)=O)nc2N)cn1. The number of ketones is 1. The smallest absolute Gasteiger partial charge is 0.240 e. The number of rotatable bonds is 7. The Morgan fingerprint density at radius 1 is 1.20 bits per heavy atom. The van der Waals surface area contributed by atoms with E-state index in [1.807, 2.05) is 0 Å². The maximum absolute atomic E-state index is 13.8. The number of halogens is 2. The lowest BCUT2D eigenvalue weighted by Gasteiger charge is -2.26. The molecule has 0 spiro atoms. The monoisotopic (exact) mass is 433 g/mol. The van der Waals surface area contributed by atoms with Crippen molar-refractivity contribution in [2.24, 2.45) is 5.73 Å². The molecule has 1 amide bonds. The van der Waals surface area contributed by atoms with Gasteiger partial charge in [-0.15, -0.1) is 0 Å². The third-order valence-corrected chi connectivity index (χ3v) is 5.31. The Hall–Kier alpha value is -3.60. The van der Waals surface area contributed by atoms with Crippen LogP contribution in [0.1, 0.15) is 22.2 Å². The predicted molar refractivity (Wildman–Crippen MR) is 108 cm³/mol. The molecule has 0 aliphatic rings. The van der Waals surface area contributed by atoms with Crippen molar-refractivity contribution in [1.29, 1.82) is 0 Å². The summed E-state index contributed by atoms with van der Waals surface area (Å²) in [4.78, 5) is 34.2. The van der Waals surface area contributed by atoms with Crippen LogP contribution in [-0.4, -0.2) is 34.8 Å². The first-order valence-electron chi connectivity index (χ1n) is 8.57. The number of methoxy groups -OCH3 is 1. The minimum Gasteiger partial charge on any atom is -0.481 e. The molecule has 0 aliphatic carbocycles. The van der Waals surface area contributed by atoms with Crippen LogP contribution >= 0.6 is 11.3 Å². The van der Waals surface area contributed by atoms with Crippen molar-refractivity contribution in [2.75, 3.05) is 17.7 Å². The molecule has 1 atom stereocenters. The first kappa shape index (κ1) is 21.1. The number of anilines is 3. The van der Waals surface area contributed by atoms with Crippen LogP contribution in [0.4, 0.5) is 25.4 Å². The van der Waals surface area contributed by atoms with E-state index in [0.29, 0.717) is 5.88 Å². The number of carbonyl (C=O) groups is 2. The Kier molecular flexibility index (Phi) is 5.92. The number of pyridine rings is 1. The van der Waals surface area contributed by atoms with Gasteiger partial charge < -0.3 is 21.1 Å². The molecule has 3 aromatic rings. The molecule has 0 radical (unpaired) electrons. The molecule has 0 fully saturated rings. The van der Waals surface area contributed by atoms with Crippen LogP contribution in [0.2, 0.25) is 0 Å². The Labute approximate surface area is 174 Å². The zero-order chi connectivity index (χ0) is 22.0. The lowest BCUT2D eigenvalue weighted by Crippen LogP contribution is -2.40. The van der Waals surface area contributed by atoms with E-state index < -0.39 is 29.4 Å². The summed E-state index contributed by atoms with van der Waals surface area (Å²) in [5.41, 5.74) is 11.7. The lowest BCUT2D eigenvalue weighted by molar-refractivity contribution is -0.118. The van der Waals surface area contributed by atoms with E-state index in [2.05, 4.69) is 9.97 Å².